The van der Waals surface area contributed by atoms with Crippen LogP contribution in [-0.4, -0.2) is 20.6 Å². The highest BCUT2D eigenvalue weighted by Gasteiger charge is 2.35. The lowest BCUT2D eigenvalue weighted by Crippen LogP contribution is -2.35. The Morgan fingerprint density at radius 3 is 2.45 bits per heavy atom. The van der Waals surface area contributed by atoms with Crippen LogP contribution < -0.4 is 4.90 Å². The molecule has 0 fully saturated rings. The van der Waals surface area contributed by atoms with E-state index in [1.54, 1.807) is 0 Å². The van der Waals surface area contributed by atoms with Gasteiger partial charge in [0, 0.05) is 39.7 Å². The lowest BCUT2D eigenvalue weighted by atomic mass is 9.85. The van der Waals surface area contributed by atoms with Crippen molar-refractivity contribution in [3.05, 3.63) is 151 Å². The quantitative estimate of drug-likeness (QED) is 0.214. The molecule has 2 aliphatic carbocycles. The van der Waals surface area contributed by atoms with E-state index in [4.69, 9.17) is 9.97 Å². The Morgan fingerprint density at radius 1 is 0.705 bits per heavy atom. The predicted molar refractivity (Wildman–Crippen MR) is 182 cm³/mol. The summed E-state index contributed by atoms with van der Waals surface area (Å²) in [5.74, 6) is 1.83. The number of benzene rings is 4. The summed E-state index contributed by atoms with van der Waals surface area (Å²) in [6, 6.07) is 35.0. The van der Waals surface area contributed by atoms with Crippen LogP contribution in [0.15, 0.2) is 146 Å². The number of hydrogen-bond donors (Lipinski definition) is 0. The Hall–Kier alpha value is -5.48. The van der Waals surface area contributed by atoms with Crippen molar-refractivity contribution in [2.45, 2.75) is 24.8 Å². The minimum Gasteiger partial charge on any atom is -0.318 e. The van der Waals surface area contributed by atoms with Crippen molar-refractivity contribution >= 4 is 39.0 Å². The fraction of sp³-hybridized carbons (Fsp3) is 0.100. The van der Waals surface area contributed by atoms with Crippen LogP contribution in [-0.2, 0) is 0 Å². The number of fused-ring (bicyclic) bond motifs is 8. The van der Waals surface area contributed by atoms with Crippen molar-refractivity contribution in [2.24, 2.45) is 0 Å². The second-order valence-corrected chi connectivity index (χ2v) is 11.7. The van der Waals surface area contributed by atoms with Gasteiger partial charge in [0.2, 0.25) is 0 Å². The minimum atomic E-state index is 0.0887. The highest BCUT2D eigenvalue weighted by molar-refractivity contribution is 6.11. The lowest BCUT2D eigenvalue weighted by Gasteiger charge is -2.35. The van der Waals surface area contributed by atoms with Gasteiger partial charge in [0.15, 0.2) is 5.82 Å². The van der Waals surface area contributed by atoms with Crippen LogP contribution >= 0.6 is 0 Å². The first-order valence-corrected chi connectivity index (χ1v) is 15.4. The molecule has 44 heavy (non-hydrogen) atoms. The first kappa shape index (κ1) is 25.1. The molecule has 2 unspecified atom stereocenters. The Kier molecular flexibility index (Phi) is 5.73. The fourth-order valence-corrected chi connectivity index (χ4v) is 7.33. The van der Waals surface area contributed by atoms with Gasteiger partial charge < -0.3 is 9.47 Å². The average Bonchev–Trinajstić information content (AvgIpc) is 3.36. The van der Waals surface area contributed by atoms with E-state index in [-0.39, 0.29) is 12.0 Å². The van der Waals surface area contributed by atoms with Gasteiger partial charge in [0.05, 0.1) is 22.8 Å². The SMILES string of the molecule is C1=CCCC(n2c3ccccc3c3cc(-c4nccc(N5c6ccccc6-c6ccccc6C6C=CC=CC65)n4)ccc32)=C1. The van der Waals surface area contributed by atoms with Crippen LogP contribution in [0.25, 0.3) is 50.0 Å². The minimum absolute atomic E-state index is 0.0887. The molecule has 4 heteroatoms. The highest BCUT2D eigenvalue weighted by Crippen LogP contribution is 2.47. The zero-order valence-electron chi connectivity index (χ0n) is 24.2. The van der Waals surface area contributed by atoms with Gasteiger partial charge in [0.1, 0.15) is 5.82 Å². The van der Waals surface area contributed by atoms with Crippen LogP contribution in [0.3, 0.4) is 0 Å². The van der Waals surface area contributed by atoms with Gasteiger partial charge in [-0.2, -0.15) is 0 Å². The van der Waals surface area contributed by atoms with E-state index < -0.39 is 0 Å². The molecular formula is C40H30N4. The molecule has 3 heterocycles. The molecule has 2 aromatic heterocycles. The van der Waals surface area contributed by atoms with Gasteiger partial charge in [0.25, 0.3) is 0 Å². The van der Waals surface area contributed by atoms with E-state index >= 15 is 0 Å². The summed E-state index contributed by atoms with van der Waals surface area (Å²) in [5, 5.41) is 2.47. The first-order chi connectivity index (χ1) is 21.8. The molecule has 6 aromatic rings. The molecule has 210 valence electrons. The van der Waals surface area contributed by atoms with Crippen molar-refractivity contribution in [1.29, 1.82) is 0 Å². The Bertz CT molecular complexity index is 2210. The van der Waals surface area contributed by atoms with Gasteiger partial charge in [-0.05, 0) is 66.4 Å². The van der Waals surface area contributed by atoms with Crippen molar-refractivity contribution in [1.82, 2.24) is 14.5 Å². The summed E-state index contributed by atoms with van der Waals surface area (Å²) in [4.78, 5) is 12.5. The molecule has 0 spiro atoms. The maximum Gasteiger partial charge on any atom is 0.161 e. The van der Waals surface area contributed by atoms with Crippen LogP contribution in [0.4, 0.5) is 11.5 Å². The maximum absolute atomic E-state index is 5.27. The third kappa shape index (κ3) is 3.84. The van der Waals surface area contributed by atoms with E-state index in [2.05, 4.69) is 143 Å². The van der Waals surface area contributed by atoms with Crippen LogP contribution in [0, 0.1) is 0 Å². The van der Waals surface area contributed by atoms with E-state index in [9.17, 15) is 0 Å². The number of nitrogens with zero attached hydrogens (tertiary/aromatic N) is 4. The molecule has 0 saturated heterocycles. The Balaban J connectivity index is 1.20. The number of para-hydroxylation sites is 2. The van der Waals surface area contributed by atoms with Gasteiger partial charge in [-0.25, -0.2) is 9.97 Å². The van der Waals surface area contributed by atoms with E-state index in [0.29, 0.717) is 0 Å². The number of anilines is 2. The number of rotatable bonds is 3. The first-order valence-electron chi connectivity index (χ1n) is 15.4. The molecule has 2 atom stereocenters. The van der Waals surface area contributed by atoms with Gasteiger partial charge in [-0.3, -0.25) is 0 Å². The van der Waals surface area contributed by atoms with Gasteiger partial charge in [-0.15, -0.1) is 0 Å². The van der Waals surface area contributed by atoms with Crippen molar-refractivity contribution in [2.75, 3.05) is 4.90 Å². The summed E-state index contributed by atoms with van der Waals surface area (Å²) >= 11 is 0. The second kappa shape index (κ2) is 10.1. The smallest absolute Gasteiger partial charge is 0.161 e. The van der Waals surface area contributed by atoms with Gasteiger partial charge >= 0.3 is 0 Å². The van der Waals surface area contributed by atoms with E-state index in [1.807, 2.05) is 12.3 Å². The van der Waals surface area contributed by atoms with E-state index in [1.165, 1.54) is 44.2 Å². The highest BCUT2D eigenvalue weighted by atomic mass is 15.2. The number of allylic oxidation sites excluding steroid dienone is 6. The molecule has 0 amide bonds. The molecule has 3 aliphatic rings. The second-order valence-electron chi connectivity index (χ2n) is 11.7. The largest absolute Gasteiger partial charge is 0.318 e. The van der Waals surface area contributed by atoms with Crippen molar-refractivity contribution < 1.29 is 0 Å². The molecule has 4 nitrogen and oxygen atoms in total. The normalized spacial score (nSPS) is 18.5. The zero-order valence-corrected chi connectivity index (χ0v) is 24.2. The van der Waals surface area contributed by atoms with Gasteiger partial charge in [-0.1, -0.05) is 97.1 Å². The van der Waals surface area contributed by atoms with E-state index in [0.717, 1.165) is 35.7 Å². The molecule has 9 rings (SSSR count). The summed E-state index contributed by atoms with van der Waals surface area (Å²) in [5.41, 5.74) is 9.80. The molecule has 4 aromatic carbocycles. The topological polar surface area (TPSA) is 34.0 Å². The summed E-state index contributed by atoms with van der Waals surface area (Å²) in [7, 11) is 0. The summed E-state index contributed by atoms with van der Waals surface area (Å²) < 4.78 is 2.42. The molecule has 0 radical (unpaired) electrons. The third-order valence-corrected chi connectivity index (χ3v) is 9.28. The standard InChI is InChI=1S/C40H30N4/c1-2-12-28(13-3-1)43-35-19-9-8-18-33(35)34-26-27(22-23-38(34)43)40-41-25-24-39(42-40)44-36-20-10-6-16-31(36)29-14-4-5-15-30(29)32-17-7-11-21-37(32)44/h1-2,4-12,14-26,31,36H,3,13H2. The molecule has 0 N–H and O–H groups in total. The van der Waals surface area contributed by atoms with Crippen LogP contribution in [0.5, 0.6) is 0 Å². The zero-order chi connectivity index (χ0) is 29.0. The fourth-order valence-electron chi connectivity index (χ4n) is 7.33. The number of aromatic nitrogens is 3. The lowest BCUT2D eigenvalue weighted by molar-refractivity contribution is 0.691. The average molecular weight is 567 g/mol. The summed E-state index contributed by atoms with van der Waals surface area (Å²) in [6.45, 7) is 0. The summed E-state index contributed by atoms with van der Waals surface area (Å²) in [6.07, 6.45) is 19.6. The molecule has 0 bridgehead atoms. The number of hydrogen-bond acceptors (Lipinski definition) is 3. The van der Waals surface area contributed by atoms with Crippen LogP contribution in [0.2, 0.25) is 0 Å². The Labute approximate surface area is 256 Å². The maximum atomic E-state index is 5.27. The predicted octanol–water partition coefficient (Wildman–Crippen LogP) is 9.84. The third-order valence-electron chi connectivity index (χ3n) is 9.28. The van der Waals surface area contributed by atoms with Crippen LogP contribution in [0.1, 0.15) is 24.3 Å². The molecule has 1 aliphatic heterocycles. The molecule has 0 saturated carbocycles. The monoisotopic (exact) mass is 566 g/mol. The van der Waals surface area contributed by atoms with Crippen molar-refractivity contribution in [3.8, 4) is 22.5 Å². The molecular weight excluding hydrogens is 536 g/mol. The van der Waals surface area contributed by atoms with Crippen molar-refractivity contribution in [3.63, 3.8) is 0 Å². The Morgan fingerprint density at radius 2 is 1.52 bits per heavy atom.